The fourth-order valence-corrected chi connectivity index (χ4v) is 1.67. The highest BCUT2D eigenvalue weighted by molar-refractivity contribution is 6.09. The summed E-state index contributed by atoms with van der Waals surface area (Å²) in [6.45, 7) is 1.93. The molecule has 0 aliphatic carbocycles. The second kappa shape index (κ2) is 5.46. The van der Waals surface area contributed by atoms with E-state index in [0.29, 0.717) is 12.1 Å². The minimum atomic E-state index is -0.691. The van der Waals surface area contributed by atoms with Crippen LogP contribution in [0.3, 0.4) is 0 Å². The van der Waals surface area contributed by atoms with Gasteiger partial charge in [0.1, 0.15) is 5.92 Å². The SMILES string of the molecule is CCCC(C(=O)NN)C(=O)c1cccn1C. The lowest BCUT2D eigenvalue weighted by atomic mass is 9.96. The van der Waals surface area contributed by atoms with Crippen LogP contribution in [0.25, 0.3) is 0 Å². The zero-order valence-electron chi connectivity index (χ0n) is 9.56. The Labute approximate surface area is 94.6 Å². The van der Waals surface area contributed by atoms with E-state index in [9.17, 15) is 9.59 Å². The Kier molecular flexibility index (Phi) is 4.25. The molecule has 1 unspecified atom stereocenters. The van der Waals surface area contributed by atoms with Crippen molar-refractivity contribution in [3.8, 4) is 0 Å². The summed E-state index contributed by atoms with van der Waals surface area (Å²) in [7, 11) is 1.77. The van der Waals surface area contributed by atoms with Crippen LogP contribution in [-0.4, -0.2) is 16.3 Å². The van der Waals surface area contributed by atoms with Crippen LogP contribution in [0.4, 0.5) is 0 Å². The third-order valence-electron chi connectivity index (χ3n) is 2.55. The van der Waals surface area contributed by atoms with Gasteiger partial charge in [-0.1, -0.05) is 13.3 Å². The highest BCUT2D eigenvalue weighted by Gasteiger charge is 2.27. The number of nitrogens with zero attached hydrogens (tertiary/aromatic N) is 1. The Balaban J connectivity index is 2.91. The lowest BCUT2D eigenvalue weighted by Gasteiger charge is -2.13. The van der Waals surface area contributed by atoms with Crippen molar-refractivity contribution >= 4 is 11.7 Å². The van der Waals surface area contributed by atoms with Crippen molar-refractivity contribution in [3.05, 3.63) is 24.0 Å². The molecule has 1 amide bonds. The van der Waals surface area contributed by atoms with Crippen molar-refractivity contribution < 1.29 is 9.59 Å². The Morgan fingerprint density at radius 1 is 1.56 bits per heavy atom. The van der Waals surface area contributed by atoms with Gasteiger partial charge in [0.25, 0.3) is 0 Å². The maximum absolute atomic E-state index is 12.1. The molecule has 0 radical (unpaired) electrons. The van der Waals surface area contributed by atoms with E-state index in [1.807, 2.05) is 12.3 Å². The number of rotatable bonds is 5. The third kappa shape index (κ3) is 2.49. The first-order valence-corrected chi connectivity index (χ1v) is 5.27. The largest absolute Gasteiger partial charge is 0.348 e. The van der Waals surface area contributed by atoms with Crippen LogP contribution in [0.2, 0.25) is 0 Å². The number of hydrogen-bond acceptors (Lipinski definition) is 3. The zero-order valence-corrected chi connectivity index (χ0v) is 9.56. The van der Waals surface area contributed by atoms with E-state index >= 15 is 0 Å². The molecule has 0 aromatic carbocycles. The summed E-state index contributed by atoms with van der Waals surface area (Å²) in [5.74, 6) is 3.78. The maximum atomic E-state index is 12.1. The molecule has 5 nitrogen and oxygen atoms in total. The number of Topliss-reactive ketones (excluding diaryl/α,β-unsaturated/α-hetero) is 1. The van der Waals surface area contributed by atoms with Crippen molar-refractivity contribution in [3.63, 3.8) is 0 Å². The van der Waals surface area contributed by atoms with Gasteiger partial charge in [0.2, 0.25) is 5.91 Å². The molecule has 0 fully saturated rings. The molecule has 3 N–H and O–H groups in total. The summed E-state index contributed by atoms with van der Waals surface area (Å²) in [6.07, 6.45) is 3.04. The molecule has 1 atom stereocenters. The standard InChI is InChI=1S/C11H17N3O2/c1-3-5-8(11(16)13-12)10(15)9-6-4-7-14(9)2/h4,6-8H,3,5,12H2,1-2H3,(H,13,16). The highest BCUT2D eigenvalue weighted by Crippen LogP contribution is 2.14. The number of aryl methyl sites for hydroxylation is 1. The van der Waals surface area contributed by atoms with Crippen molar-refractivity contribution in [2.45, 2.75) is 19.8 Å². The molecular formula is C11H17N3O2. The smallest absolute Gasteiger partial charge is 0.244 e. The molecule has 0 spiro atoms. The summed E-state index contributed by atoms with van der Waals surface area (Å²) in [5.41, 5.74) is 2.57. The molecule has 0 aliphatic heterocycles. The van der Waals surface area contributed by atoms with Crippen molar-refractivity contribution in [1.82, 2.24) is 9.99 Å². The first-order chi connectivity index (χ1) is 7.61. The Morgan fingerprint density at radius 2 is 2.25 bits per heavy atom. The first-order valence-electron chi connectivity index (χ1n) is 5.27. The lowest BCUT2D eigenvalue weighted by molar-refractivity contribution is -0.123. The maximum Gasteiger partial charge on any atom is 0.244 e. The number of aromatic nitrogens is 1. The van der Waals surface area contributed by atoms with Gasteiger partial charge in [-0.2, -0.15) is 0 Å². The minimum Gasteiger partial charge on any atom is -0.348 e. The van der Waals surface area contributed by atoms with Crippen LogP contribution in [0, 0.1) is 5.92 Å². The van der Waals surface area contributed by atoms with Crippen LogP contribution < -0.4 is 11.3 Å². The van der Waals surface area contributed by atoms with Gasteiger partial charge in [0, 0.05) is 13.2 Å². The molecule has 1 aromatic heterocycles. The molecule has 1 aromatic rings. The summed E-state index contributed by atoms with van der Waals surface area (Å²) in [6, 6.07) is 3.48. The molecule has 0 saturated carbocycles. The molecule has 1 heterocycles. The number of amides is 1. The zero-order chi connectivity index (χ0) is 12.1. The quantitative estimate of drug-likeness (QED) is 0.252. The number of nitrogens with two attached hydrogens (primary N) is 1. The predicted octanol–water partition coefficient (Wildman–Crippen LogP) is 0.614. The molecule has 0 aliphatic rings. The monoisotopic (exact) mass is 223 g/mol. The van der Waals surface area contributed by atoms with E-state index < -0.39 is 11.8 Å². The van der Waals surface area contributed by atoms with Gasteiger partial charge < -0.3 is 4.57 Å². The van der Waals surface area contributed by atoms with Crippen LogP contribution in [-0.2, 0) is 11.8 Å². The molecule has 0 saturated heterocycles. The van der Waals surface area contributed by atoms with Crippen molar-refractivity contribution in [2.24, 2.45) is 18.8 Å². The molecule has 1 rings (SSSR count). The predicted molar refractivity (Wildman–Crippen MR) is 60.5 cm³/mol. The number of ketones is 1. The van der Waals surface area contributed by atoms with Gasteiger partial charge in [-0.05, 0) is 18.6 Å². The summed E-state index contributed by atoms with van der Waals surface area (Å²) in [4.78, 5) is 23.6. The Morgan fingerprint density at radius 3 is 2.69 bits per heavy atom. The lowest BCUT2D eigenvalue weighted by Crippen LogP contribution is -2.39. The van der Waals surface area contributed by atoms with Gasteiger partial charge in [-0.3, -0.25) is 15.0 Å². The second-order valence-electron chi connectivity index (χ2n) is 3.72. The summed E-state index contributed by atoms with van der Waals surface area (Å²) in [5, 5.41) is 0. The van der Waals surface area contributed by atoms with Crippen molar-refractivity contribution in [1.29, 1.82) is 0 Å². The molecule has 16 heavy (non-hydrogen) atoms. The Bertz CT molecular complexity index is 384. The van der Waals surface area contributed by atoms with Gasteiger partial charge in [0.05, 0.1) is 5.69 Å². The van der Waals surface area contributed by atoms with Gasteiger partial charge in [0.15, 0.2) is 5.78 Å². The molecule has 0 bridgehead atoms. The van der Waals surface area contributed by atoms with Gasteiger partial charge in [-0.15, -0.1) is 0 Å². The van der Waals surface area contributed by atoms with E-state index in [0.717, 1.165) is 6.42 Å². The van der Waals surface area contributed by atoms with E-state index in [1.54, 1.807) is 29.9 Å². The van der Waals surface area contributed by atoms with E-state index in [4.69, 9.17) is 5.84 Å². The number of carbonyl (C=O) groups is 2. The van der Waals surface area contributed by atoms with Gasteiger partial charge in [-0.25, -0.2) is 5.84 Å². The van der Waals surface area contributed by atoms with Crippen LogP contribution in [0.15, 0.2) is 18.3 Å². The molecular weight excluding hydrogens is 206 g/mol. The van der Waals surface area contributed by atoms with Gasteiger partial charge >= 0.3 is 0 Å². The average molecular weight is 223 g/mol. The minimum absolute atomic E-state index is 0.183. The number of nitrogens with one attached hydrogen (secondary N) is 1. The van der Waals surface area contributed by atoms with E-state index in [1.165, 1.54) is 0 Å². The van der Waals surface area contributed by atoms with E-state index in [-0.39, 0.29) is 5.78 Å². The molecule has 5 heteroatoms. The number of hydrazine groups is 1. The first kappa shape index (κ1) is 12.4. The average Bonchev–Trinajstić information content (AvgIpc) is 2.70. The Hall–Kier alpha value is -1.62. The fraction of sp³-hybridized carbons (Fsp3) is 0.455. The van der Waals surface area contributed by atoms with E-state index in [2.05, 4.69) is 0 Å². The number of hydrogen-bond donors (Lipinski definition) is 2. The normalized spacial score (nSPS) is 12.2. The molecule has 88 valence electrons. The van der Waals surface area contributed by atoms with Crippen molar-refractivity contribution in [2.75, 3.05) is 0 Å². The fourth-order valence-electron chi connectivity index (χ4n) is 1.67. The summed E-state index contributed by atoms with van der Waals surface area (Å²) < 4.78 is 1.70. The topological polar surface area (TPSA) is 77.1 Å². The van der Waals surface area contributed by atoms with Crippen LogP contribution in [0.1, 0.15) is 30.3 Å². The summed E-state index contributed by atoms with van der Waals surface area (Å²) >= 11 is 0. The highest BCUT2D eigenvalue weighted by atomic mass is 16.2. The van der Waals surface area contributed by atoms with Crippen LogP contribution in [0.5, 0.6) is 0 Å². The number of carbonyl (C=O) groups excluding carboxylic acids is 2. The second-order valence-corrected chi connectivity index (χ2v) is 3.72. The third-order valence-corrected chi connectivity index (χ3v) is 2.55. The van der Waals surface area contributed by atoms with Crippen LogP contribution >= 0.6 is 0 Å².